The summed E-state index contributed by atoms with van der Waals surface area (Å²) < 4.78 is 12.9. The number of nitrogens with one attached hydrogen (secondary N) is 1. The molecule has 0 fully saturated rings. The maximum absolute atomic E-state index is 12.9. The molecule has 0 aliphatic heterocycles. The fourth-order valence-corrected chi connectivity index (χ4v) is 2.22. The number of halogens is 1. The lowest BCUT2D eigenvalue weighted by molar-refractivity contribution is 0.515. The predicted molar refractivity (Wildman–Crippen MR) is 76.0 cm³/mol. The number of nitrogens with two attached hydrogens (primary N) is 1. The van der Waals surface area contributed by atoms with Crippen molar-refractivity contribution in [3.63, 3.8) is 0 Å². The van der Waals surface area contributed by atoms with Gasteiger partial charge in [-0.1, -0.05) is 42.0 Å². The van der Waals surface area contributed by atoms with Gasteiger partial charge in [0.1, 0.15) is 5.82 Å². The molecule has 0 saturated carbocycles. The van der Waals surface area contributed by atoms with Gasteiger partial charge < -0.3 is 0 Å². The first kappa shape index (κ1) is 13.7. The van der Waals surface area contributed by atoms with E-state index in [4.69, 9.17) is 5.84 Å². The van der Waals surface area contributed by atoms with Gasteiger partial charge in [0, 0.05) is 6.04 Å². The van der Waals surface area contributed by atoms with E-state index in [9.17, 15) is 4.39 Å². The highest BCUT2D eigenvalue weighted by molar-refractivity contribution is 5.24. The van der Waals surface area contributed by atoms with E-state index in [1.165, 1.54) is 23.3 Å². The van der Waals surface area contributed by atoms with Crippen molar-refractivity contribution >= 4 is 0 Å². The van der Waals surface area contributed by atoms with E-state index in [1.54, 1.807) is 12.1 Å². The fourth-order valence-electron chi connectivity index (χ4n) is 2.22. The van der Waals surface area contributed by atoms with Crippen LogP contribution < -0.4 is 11.3 Å². The van der Waals surface area contributed by atoms with E-state index < -0.39 is 0 Å². The second-order valence-electron chi connectivity index (χ2n) is 4.80. The lowest BCUT2D eigenvalue weighted by Crippen LogP contribution is -2.28. The van der Waals surface area contributed by atoms with Crippen LogP contribution in [0, 0.1) is 12.7 Å². The third kappa shape index (κ3) is 3.88. The van der Waals surface area contributed by atoms with Crippen molar-refractivity contribution in [1.82, 2.24) is 5.43 Å². The zero-order valence-corrected chi connectivity index (χ0v) is 11.1. The number of benzene rings is 2. The first-order chi connectivity index (χ1) is 9.19. The molecule has 2 aromatic carbocycles. The van der Waals surface area contributed by atoms with Gasteiger partial charge in [0.05, 0.1) is 0 Å². The first-order valence-electron chi connectivity index (χ1n) is 6.46. The van der Waals surface area contributed by atoms with Crippen molar-refractivity contribution in [3.8, 4) is 0 Å². The molecule has 0 bridgehead atoms. The Morgan fingerprint density at radius 2 is 1.89 bits per heavy atom. The summed E-state index contributed by atoms with van der Waals surface area (Å²) >= 11 is 0. The van der Waals surface area contributed by atoms with Crippen molar-refractivity contribution in [3.05, 3.63) is 71.0 Å². The molecule has 19 heavy (non-hydrogen) atoms. The number of hydrazine groups is 1. The Labute approximate surface area is 113 Å². The molecule has 0 radical (unpaired) electrons. The summed E-state index contributed by atoms with van der Waals surface area (Å²) in [5.41, 5.74) is 6.37. The number of rotatable bonds is 5. The zero-order chi connectivity index (χ0) is 13.7. The lowest BCUT2D eigenvalue weighted by atomic mass is 9.99. The molecule has 0 saturated heterocycles. The molecule has 0 amide bonds. The SMILES string of the molecule is Cc1cccc(CCC(NN)c2ccc(F)cc2)c1. The molecule has 1 atom stereocenters. The van der Waals surface area contributed by atoms with E-state index in [-0.39, 0.29) is 11.9 Å². The van der Waals surface area contributed by atoms with Gasteiger partial charge in [0.15, 0.2) is 0 Å². The maximum atomic E-state index is 12.9. The minimum absolute atomic E-state index is 0.0427. The topological polar surface area (TPSA) is 38.0 Å². The standard InChI is InChI=1S/C16H19FN2/c1-12-3-2-4-13(11-12)5-10-16(19-18)14-6-8-15(17)9-7-14/h2-4,6-9,11,16,19H,5,10,18H2,1H3. The molecular formula is C16H19FN2. The van der Waals surface area contributed by atoms with Gasteiger partial charge in [0.2, 0.25) is 0 Å². The number of hydrogen-bond donors (Lipinski definition) is 2. The van der Waals surface area contributed by atoms with Crippen LogP contribution in [-0.4, -0.2) is 0 Å². The quantitative estimate of drug-likeness (QED) is 0.638. The third-order valence-corrected chi connectivity index (χ3v) is 3.28. The Kier molecular flexibility index (Phi) is 4.66. The predicted octanol–water partition coefficient (Wildman–Crippen LogP) is 3.27. The Balaban J connectivity index is 2.01. The van der Waals surface area contributed by atoms with Crippen LogP contribution in [0.2, 0.25) is 0 Å². The van der Waals surface area contributed by atoms with Crippen molar-refractivity contribution in [1.29, 1.82) is 0 Å². The molecule has 1 unspecified atom stereocenters. The Bertz CT molecular complexity index is 523. The molecule has 100 valence electrons. The molecular weight excluding hydrogens is 239 g/mol. The fraction of sp³-hybridized carbons (Fsp3) is 0.250. The van der Waals surface area contributed by atoms with Gasteiger partial charge in [-0.2, -0.15) is 0 Å². The summed E-state index contributed by atoms with van der Waals surface area (Å²) in [6.07, 6.45) is 1.82. The highest BCUT2D eigenvalue weighted by Gasteiger charge is 2.09. The van der Waals surface area contributed by atoms with Gasteiger partial charge >= 0.3 is 0 Å². The smallest absolute Gasteiger partial charge is 0.123 e. The summed E-state index contributed by atoms with van der Waals surface area (Å²) in [6.45, 7) is 2.09. The molecule has 0 spiro atoms. The maximum Gasteiger partial charge on any atom is 0.123 e. The number of hydrogen-bond acceptors (Lipinski definition) is 2. The summed E-state index contributed by atoms with van der Waals surface area (Å²) in [5.74, 6) is 5.37. The summed E-state index contributed by atoms with van der Waals surface area (Å²) in [4.78, 5) is 0. The van der Waals surface area contributed by atoms with Crippen LogP contribution in [0.5, 0.6) is 0 Å². The molecule has 0 aliphatic rings. The lowest BCUT2D eigenvalue weighted by Gasteiger charge is -2.16. The largest absolute Gasteiger partial charge is 0.271 e. The van der Waals surface area contributed by atoms with Gasteiger partial charge in [-0.25, -0.2) is 4.39 Å². The third-order valence-electron chi connectivity index (χ3n) is 3.28. The molecule has 2 aromatic rings. The van der Waals surface area contributed by atoms with Gasteiger partial charge in [0.25, 0.3) is 0 Å². The van der Waals surface area contributed by atoms with E-state index in [0.717, 1.165) is 18.4 Å². The molecule has 3 N–H and O–H groups in total. The van der Waals surface area contributed by atoms with E-state index >= 15 is 0 Å². The molecule has 0 aromatic heterocycles. The minimum atomic E-state index is -0.224. The van der Waals surface area contributed by atoms with E-state index in [1.807, 2.05) is 0 Å². The van der Waals surface area contributed by atoms with Crippen molar-refractivity contribution in [2.45, 2.75) is 25.8 Å². The molecule has 0 heterocycles. The van der Waals surface area contributed by atoms with Crippen LogP contribution in [0.15, 0.2) is 48.5 Å². The van der Waals surface area contributed by atoms with Crippen molar-refractivity contribution in [2.24, 2.45) is 5.84 Å². The Hall–Kier alpha value is -1.71. The molecule has 0 aliphatic carbocycles. The van der Waals surface area contributed by atoms with Gasteiger partial charge in [-0.05, 0) is 43.0 Å². The van der Waals surface area contributed by atoms with Crippen molar-refractivity contribution in [2.75, 3.05) is 0 Å². The second kappa shape index (κ2) is 6.45. The number of aryl methyl sites for hydroxylation is 2. The molecule has 3 heteroatoms. The van der Waals surface area contributed by atoms with Crippen molar-refractivity contribution < 1.29 is 4.39 Å². The average molecular weight is 258 g/mol. The van der Waals surface area contributed by atoms with E-state index in [0.29, 0.717) is 0 Å². The van der Waals surface area contributed by atoms with Gasteiger partial charge in [-0.15, -0.1) is 0 Å². The average Bonchev–Trinajstić information content (AvgIpc) is 2.41. The Morgan fingerprint density at radius 3 is 2.53 bits per heavy atom. The zero-order valence-electron chi connectivity index (χ0n) is 11.1. The first-order valence-corrected chi connectivity index (χ1v) is 6.46. The summed E-state index contributed by atoms with van der Waals surface area (Å²) in [6, 6.07) is 15.0. The van der Waals surface area contributed by atoms with Gasteiger partial charge in [-0.3, -0.25) is 11.3 Å². The normalized spacial score (nSPS) is 12.4. The van der Waals surface area contributed by atoms with Crippen LogP contribution in [0.3, 0.4) is 0 Å². The minimum Gasteiger partial charge on any atom is -0.271 e. The monoisotopic (exact) mass is 258 g/mol. The van der Waals surface area contributed by atoms with Crippen LogP contribution >= 0.6 is 0 Å². The Morgan fingerprint density at radius 1 is 1.16 bits per heavy atom. The molecule has 2 nitrogen and oxygen atoms in total. The summed E-state index contributed by atoms with van der Waals surface area (Å²) in [5, 5.41) is 0. The van der Waals surface area contributed by atoms with Crippen LogP contribution in [0.4, 0.5) is 4.39 Å². The second-order valence-corrected chi connectivity index (χ2v) is 4.80. The van der Waals surface area contributed by atoms with Crippen LogP contribution in [-0.2, 0) is 6.42 Å². The van der Waals surface area contributed by atoms with E-state index in [2.05, 4.69) is 36.6 Å². The van der Waals surface area contributed by atoms with Crippen LogP contribution in [0.1, 0.15) is 29.2 Å². The highest BCUT2D eigenvalue weighted by atomic mass is 19.1. The van der Waals surface area contributed by atoms with Crippen LogP contribution in [0.25, 0.3) is 0 Å². The summed E-state index contributed by atoms with van der Waals surface area (Å²) in [7, 11) is 0. The molecule has 2 rings (SSSR count). The highest BCUT2D eigenvalue weighted by Crippen LogP contribution is 2.19.